The SMILES string of the molecule is COc1ccc2c(c1)O[C@]1(C)C[C@H]2[C@H](S(=O)(=O)c2ccc(Br)cc2)C(=O)N1. The van der Waals surface area contributed by atoms with Crippen molar-refractivity contribution in [2.45, 2.75) is 35.1 Å². The molecule has 0 spiro atoms. The Labute approximate surface area is 165 Å². The number of sulfone groups is 1. The standard InChI is InChI=1S/C19H18BrNO5S/c1-19-10-15(14-8-5-12(25-2)9-16(14)26-19)17(18(22)21-19)27(23,24)13-6-3-11(20)4-7-13/h3-9,15,17H,10H2,1-2H3,(H,21,22)/t15-,17+,19-/m1/s1. The van der Waals surface area contributed by atoms with Gasteiger partial charge in [-0.1, -0.05) is 22.0 Å². The molecule has 0 aromatic heterocycles. The van der Waals surface area contributed by atoms with E-state index in [0.717, 1.165) is 4.47 Å². The smallest absolute Gasteiger partial charge is 0.242 e. The maximum atomic E-state index is 13.3. The Morgan fingerprint density at radius 1 is 1.22 bits per heavy atom. The van der Waals surface area contributed by atoms with Crippen LogP contribution in [-0.2, 0) is 14.6 Å². The summed E-state index contributed by atoms with van der Waals surface area (Å²) in [5, 5.41) is 1.53. The zero-order valence-electron chi connectivity index (χ0n) is 14.7. The molecule has 3 atom stereocenters. The molecule has 2 aliphatic heterocycles. The number of piperidine rings is 1. The summed E-state index contributed by atoms with van der Waals surface area (Å²) in [6.07, 6.45) is 0.374. The molecular weight excluding hydrogens is 434 g/mol. The van der Waals surface area contributed by atoms with E-state index < -0.39 is 32.6 Å². The molecule has 1 amide bonds. The molecule has 1 saturated heterocycles. The molecule has 2 bridgehead atoms. The highest BCUT2D eigenvalue weighted by atomic mass is 79.9. The number of hydrogen-bond donors (Lipinski definition) is 1. The second kappa shape index (κ2) is 6.24. The molecule has 6 nitrogen and oxygen atoms in total. The van der Waals surface area contributed by atoms with Crippen molar-refractivity contribution in [3.05, 3.63) is 52.5 Å². The zero-order valence-corrected chi connectivity index (χ0v) is 17.1. The lowest BCUT2D eigenvalue weighted by atomic mass is 9.81. The molecule has 0 saturated carbocycles. The quantitative estimate of drug-likeness (QED) is 0.775. The van der Waals surface area contributed by atoms with Crippen molar-refractivity contribution in [1.82, 2.24) is 5.32 Å². The number of carbonyl (C=O) groups excluding carboxylic acids is 1. The molecule has 8 heteroatoms. The van der Waals surface area contributed by atoms with Gasteiger partial charge >= 0.3 is 0 Å². The van der Waals surface area contributed by atoms with E-state index in [4.69, 9.17) is 9.47 Å². The predicted molar refractivity (Wildman–Crippen MR) is 103 cm³/mol. The number of amides is 1. The summed E-state index contributed by atoms with van der Waals surface area (Å²) in [7, 11) is -2.33. The number of ether oxygens (including phenoxy) is 2. The van der Waals surface area contributed by atoms with Gasteiger partial charge in [-0.2, -0.15) is 0 Å². The van der Waals surface area contributed by atoms with Crippen molar-refractivity contribution in [2.75, 3.05) is 7.11 Å². The predicted octanol–water partition coefficient (Wildman–Crippen LogP) is 3.01. The van der Waals surface area contributed by atoms with Crippen LogP contribution in [0.4, 0.5) is 0 Å². The molecular formula is C19H18BrNO5S. The van der Waals surface area contributed by atoms with Crippen LogP contribution < -0.4 is 14.8 Å². The van der Waals surface area contributed by atoms with Crippen LogP contribution in [0.3, 0.4) is 0 Å². The van der Waals surface area contributed by atoms with Crippen molar-refractivity contribution < 1.29 is 22.7 Å². The average molecular weight is 452 g/mol. The normalized spacial score (nSPS) is 26.6. The van der Waals surface area contributed by atoms with Gasteiger partial charge in [0.1, 0.15) is 11.5 Å². The first kappa shape index (κ1) is 18.3. The molecule has 0 aliphatic carbocycles. The number of nitrogens with one attached hydrogen (secondary N) is 1. The topological polar surface area (TPSA) is 81.7 Å². The average Bonchev–Trinajstić information content (AvgIpc) is 2.60. The fourth-order valence-electron chi connectivity index (χ4n) is 3.84. The first-order valence-corrected chi connectivity index (χ1v) is 10.8. The van der Waals surface area contributed by atoms with Gasteiger partial charge in [0.2, 0.25) is 5.91 Å². The Bertz CT molecular complexity index is 1020. The molecule has 2 aromatic carbocycles. The molecule has 4 rings (SSSR count). The molecule has 0 radical (unpaired) electrons. The maximum Gasteiger partial charge on any atom is 0.242 e. The third kappa shape index (κ3) is 3.00. The van der Waals surface area contributed by atoms with Crippen LogP contribution in [0.2, 0.25) is 0 Å². The lowest BCUT2D eigenvalue weighted by molar-refractivity contribution is -0.132. The van der Waals surface area contributed by atoms with Gasteiger partial charge in [-0.3, -0.25) is 4.79 Å². The molecule has 2 aromatic rings. The summed E-state index contributed by atoms with van der Waals surface area (Å²) >= 11 is 3.30. The van der Waals surface area contributed by atoms with Crippen LogP contribution in [0.5, 0.6) is 11.5 Å². The van der Waals surface area contributed by atoms with Crippen LogP contribution in [0, 0.1) is 0 Å². The zero-order chi connectivity index (χ0) is 19.4. The van der Waals surface area contributed by atoms with Gasteiger partial charge in [-0.05, 0) is 42.8 Å². The Hall–Kier alpha value is -2.06. The van der Waals surface area contributed by atoms with Crippen molar-refractivity contribution in [1.29, 1.82) is 0 Å². The fourth-order valence-corrected chi connectivity index (χ4v) is 5.93. The number of halogens is 1. The Balaban J connectivity index is 1.84. The van der Waals surface area contributed by atoms with E-state index in [1.165, 1.54) is 12.1 Å². The summed E-state index contributed by atoms with van der Waals surface area (Å²) in [4.78, 5) is 13.0. The maximum absolute atomic E-state index is 13.3. The van der Waals surface area contributed by atoms with Gasteiger partial charge in [0.15, 0.2) is 20.8 Å². The van der Waals surface area contributed by atoms with E-state index in [0.29, 0.717) is 23.5 Å². The number of benzene rings is 2. The number of rotatable bonds is 3. The largest absolute Gasteiger partial charge is 0.497 e. The second-order valence-electron chi connectivity index (χ2n) is 6.96. The summed E-state index contributed by atoms with van der Waals surface area (Å²) in [6, 6.07) is 11.6. The number of methoxy groups -OCH3 is 1. The highest BCUT2D eigenvalue weighted by Gasteiger charge is 2.54. The van der Waals surface area contributed by atoms with Crippen LogP contribution in [0.25, 0.3) is 0 Å². The number of carbonyl (C=O) groups is 1. The van der Waals surface area contributed by atoms with Crippen molar-refractivity contribution in [3.8, 4) is 11.5 Å². The Morgan fingerprint density at radius 2 is 1.93 bits per heavy atom. The Kier molecular flexibility index (Phi) is 4.23. The van der Waals surface area contributed by atoms with Crippen LogP contribution >= 0.6 is 15.9 Å². The third-order valence-electron chi connectivity index (χ3n) is 5.05. The molecule has 2 aliphatic rings. The Morgan fingerprint density at radius 3 is 2.59 bits per heavy atom. The number of hydrogen-bond acceptors (Lipinski definition) is 5. The van der Waals surface area contributed by atoms with Crippen molar-refractivity contribution >= 4 is 31.7 Å². The van der Waals surface area contributed by atoms with Gasteiger partial charge in [-0.25, -0.2) is 8.42 Å². The molecule has 142 valence electrons. The van der Waals surface area contributed by atoms with E-state index in [2.05, 4.69) is 21.2 Å². The minimum Gasteiger partial charge on any atom is -0.497 e. The molecule has 27 heavy (non-hydrogen) atoms. The first-order valence-electron chi connectivity index (χ1n) is 8.42. The van der Waals surface area contributed by atoms with Gasteiger partial charge in [0.25, 0.3) is 0 Å². The lowest BCUT2D eigenvalue weighted by Gasteiger charge is -2.46. The van der Waals surface area contributed by atoms with Gasteiger partial charge in [0, 0.05) is 22.9 Å². The highest BCUT2D eigenvalue weighted by molar-refractivity contribution is 9.10. The van der Waals surface area contributed by atoms with E-state index >= 15 is 0 Å². The summed E-state index contributed by atoms with van der Waals surface area (Å²) in [6.45, 7) is 1.75. The van der Waals surface area contributed by atoms with Crippen LogP contribution in [0.15, 0.2) is 51.8 Å². The number of fused-ring (bicyclic) bond motifs is 4. The van der Waals surface area contributed by atoms with E-state index in [1.807, 2.05) is 0 Å². The summed E-state index contributed by atoms with van der Waals surface area (Å²) in [5.74, 6) is 0.0882. The van der Waals surface area contributed by atoms with E-state index in [9.17, 15) is 13.2 Å². The summed E-state index contributed by atoms with van der Waals surface area (Å²) < 4.78 is 38.6. The molecule has 1 N–H and O–H groups in total. The van der Waals surface area contributed by atoms with Crippen molar-refractivity contribution in [3.63, 3.8) is 0 Å². The summed E-state index contributed by atoms with van der Waals surface area (Å²) in [5.41, 5.74) is -0.249. The third-order valence-corrected chi connectivity index (χ3v) is 7.72. The molecule has 1 fully saturated rings. The minimum atomic E-state index is -3.88. The van der Waals surface area contributed by atoms with E-state index in [-0.39, 0.29) is 4.90 Å². The minimum absolute atomic E-state index is 0.121. The van der Waals surface area contributed by atoms with Crippen molar-refractivity contribution in [2.24, 2.45) is 0 Å². The lowest BCUT2D eigenvalue weighted by Crippen LogP contribution is -2.63. The molecule has 0 unspecified atom stereocenters. The monoisotopic (exact) mass is 451 g/mol. The molecule has 2 heterocycles. The van der Waals surface area contributed by atoms with E-state index in [1.54, 1.807) is 44.4 Å². The first-order chi connectivity index (χ1) is 12.7. The fraction of sp³-hybridized carbons (Fsp3) is 0.316. The highest BCUT2D eigenvalue weighted by Crippen LogP contribution is 2.48. The van der Waals surface area contributed by atoms with Crippen LogP contribution in [-0.4, -0.2) is 32.4 Å². The van der Waals surface area contributed by atoms with Gasteiger partial charge in [0.05, 0.1) is 12.0 Å². The van der Waals surface area contributed by atoms with Crippen LogP contribution in [0.1, 0.15) is 24.8 Å². The van der Waals surface area contributed by atoms with Gasteiger partial charge in [-0.15, -0.1) is 0 Å². The van der Waals surface area contributed by atoms with Gasteiger partial charge < -0.3 is 14.8 Å². The second-order valence-corrected chi connectivity index (χ2v) is 9.94.